The predicted molar refractivity (Wildman–Crippen MR) is 66.5 cm³/mol. The zero-order chi connectivity index (χ0) is 12.8. The largest absolute Gasteiger partial charge is 0.396 e. The molecule has 1 atom stereocenters. The molecule has 0 aliphatic rings. The van der Waals surface area contributed by atoms with E-state index in [9.17, 15) is 4.39 Å². The van der Waals surface area contributed by atoms with Gasteiger partial charge in [-0.15, -0.1) is 0 Å². The van der Waals surface area contributed by atoms with Crippen LogP contribution < -0.4 is 5.73 Å². The maximum Gasteiger partial charge on any atom is 0.150 e. The van der Waals surface area contributed by atoms with Gasteiger partial charge in [0.05, 0.1) is 17.7 Å². The van der Waals surface area contributed by atoms with Crippen molar-refractivity contribution in [2.24, 2.45) is 5.92 Å². The summed E-state index contributed by atoms with van der Waals surface area (Å²) in [5.41, 5.74) is 6.27. The van der Waals surface area contributed by atoms with E-state index in [1.807, 2.05) is 18.7 Å². The van der Waals surface area contributed by atoms with Crippen LogP contribution in [0, 0.1) is 23.1 Å². The molecule has 1 rings (SSSR count). The van der Waals surface area contributed by atoms with Crippen molar-refractivity contribution in [1.29, 1.82) is 5.26 Å². The van der Waals surface area contributed by atoms with Crippen LogP contribution >= 0.6 is 0 Å². The van der Waals surface area contributed by atoms with Crippen molar-refractivity contribution in [3.05, 3.63) is 29.6 Å². The summed E-state index contributed by atoms with van der Waals surface area (Å²) >= 11 is 0. The Balaban J connectivity index is 2.74. The van der Waals surface area contributed by atoms with Gasteiger partial charge in [-0.3, -0.25) is 4.90 Å². The molecule has 0 aliphatic carbocycles. The Labute approximate surface area is 102 Å². The number of nitrogens with zero attached hydrogens (tertiary/aromatic N) is 2. The zero-order valence-electron chi connectivity index (χ0n) is 10.3. The molecule has 0 spiro atoms. The summed E-state index contributed by atoms with van der Waals surface area (Å²) in [7, 11) is 0. The van der Waals surface area contributed by atoms with E-state index < -0.39 is 0 Å². The quantitative estimate of drug-likeness (QED) is 0.797. The van der Waals surface area contributed by atoms with Crippen LogP contribution in [-0.2, 0) is 6.54 Å². The van der Waals surface area contributed by atoms with Crippen LogP contribution in [-0.4, -0.2) is 18.0 Å². The van der Waals surface area contributed by atoms with Crippen LogP contribution in [0.15, 0.2) is 18.2 Å². The average Bonchev–Trinajstić information content (AvgIpc) is 2.33. The number of rotatable bonds is 5. The second kappa shape index (κ2) is 6.21. The summed E-state index contributed by atoms with van der Waals surface area (Å²) in [5, 5.41) is 8.77. The van der Waals surface area contributed by atoms with Crippen molar-refractivity contribution in [2.75, 3.05) is 18.8 Å². The van der Waals surface area contributed by atoms with E-state index in [0.717, 1.165) is 6.54 Å². The zero-order valence-corrected chi connectivity index (χ0v) is 10.3. The Hall–Kier alpha value is -1.60. The fourth-order valence-electron chi connectivity index (χ4n) is 1.70. The molecule has 0 fully saturated rings. The molecule has 0 bridgehead atoms. The Bertz CT molecular complexity index is 412. The van der Waals surface area contributed by atoms with E-state index in [1.165, 1.54) is 0 Å². The number of benzene rings is 1. The van der Waals surface area contributed by atoms with Gasteiger partial charge in [-0.1, -0.05) is 19.1 Å². The fourth-order valence-corrected chi connectivity index (χ4v) is 1.70. The van der Waals surface area contributed by atoms with Crippen LogP contribution in [0.2, 0.25) is 0 Å². The first kappa shape index (κ1) is 13.5. The van der Waals surface area contributed by atoms with Crippen LogP contribution in [0.25, 0.3) is 0 Å². The third-order valence-electron chi connectivity index (χ3n) is 2.70. The maximum atomic E-state index is 13.7. The monoisotopic (exact) mass is 235 g/mol. The van der Waals surface area contributed by atoms with E-state index in [0.29, 0.717) is 18.7 Å². The van der Waals surface area contributed by atoms with Crippen molar-refractivity contribution >= 4 is 5.69 Å². The molecular weight excluding hydrogens is 217 g/mol. The molecule has 3 nitrogen and oxygen atoms in total. The summed E-state index contributed by atoms with van der Waals surface area (Å²) in [6.45, 7) is 5.76. The maximum absolute atomic E-state index is 13.7. The van der Waals surface area contributed by atoms with Gasteiger partial charge in [0.25, 0.3) is 0 Å². The molecule has 1 unspecified atom stereocenters. The predicted octanol–water partition coefficient (Wildman–Crippen LogP) is 2.39. The molecule has 0 aromatic heterocycles. The van der Waals surface area contributed by atoms with Crippen LogP contribution in [0.1, 0.15) is 19.4 Å². The summed E-state index contributed by atoms with van der Waals surface area (Å²) < 4.78 is 13.7. The SMILES string of the molecule is CCN(Cc1cccc(N)c1F)CC(C)C#N. The molecule has 0 saturated heterocycles. The summed E-state index contributed by atoms with van der Waals surface area (Å²) in [5.74, 6) is -0.408. The number of nitrogen functional groups attached to an aromatic ring is 1. The number of nitriles is 1. The molecule has 0 saturated carbocycles. The van der Waals surface area contributed by atoms with Gasteiger partial charge in [-0.2, -0.15) is 5.26 Å². The molecule has 1 aromatic rings. The van der Waals surface area contributed by atoms with Gasteiger partial charge in [0.1, 0.15) is 0 Å². The summed E-state index contributed by atoms with van der Waals surface area (Å²) in [6, 6.07) is 7.20. The molecule has 1 aromatic carbocycles. The van der Waals surface area contributed by atoms with Gasteiger partial charge in [0.2, 0.25) is 0 Å². The third-order valence-corrected chi connectivity index (χ3v) is 2.70. The number of halogens is 1. The van der Waals surface area contributed by atoms with E-state index in [1.54, 1.807) is 18.2 Å². The molecule has 0 aliphatic heterocycles. The lowest BCUT2D eigenvalue weighted by Crippen LogP contribution is -2.28. The molecule has 4 heteroatoms. The van der Waals surface area contributed by atoms with E-state index in [2.05, 4.69) is 6.07 Å². The van der Waals surface area contributed by atoms with Gasteiger partial charge < -0.3 is 5.73 Å². The van der Waals surface area contributed by atoms with Crippen molar-refractivity contribution in [1.82, 2.24) is 4.90 Å². The van der Waals surface area contributed by atoms with Crippen LogP contribution in [0.3, 0.4) is 0 Å². The van der Waals surface area contributed by atoms with Crippen molar-refractivity contribution in [3.8, 4) is 6.07 Å². The molecular formula is C13H18FN3. The van der Waals surface area contributed by atoms with Crippen molar-refractivity contribution in [3.63, 3.8) is 0 Å². The number of anilines is 1. The Morgan fingerprint density at radius 1 is 1.53 bits per heavy atom. The second-order valence-corrected chi connectivity index (χ2v) is 4.18. The molecule has 92 valence electrons. The Morgan fingerprint density at radius 2 is 2.24 bits per heavy atom. The number of hydrogen-bond acceptors (Lipinski definition) is 3. The minimum atomic E-state index is -0.351. The third kappa shape index (κ3) is 3.72. The van der Waals surface area contributed by atoms with Crippen molar-refractivity contribution < 1.29 is 4.39 Å². The van der Waals surface area contributed by atoms with E-state index in [-0.39, 0.29) is 17.4 Å². The molecule has 0 radical (unpaired) electrons. The van der Waals surface area contributed by atoms with E-state index >= 15 is 0 Å². The second-order valence-electron chi connectivity index (χ2n) is 4.18. The first-order chi connectivity index (χ1) is 8.08. The van der Waals surface area contributed by atoms with Crippen LogP contribution in [0.5, 0.6) is 0 Å². The van der Waals surface area contributed by atoms with Gasteiger partial charge in [0.15, 0.2) is 5.82 Å². The lowest BCUT2D eigenvalue weighted by Gasteiger charge is -2.22. The number of hydrogen-bond donors (Lipinski definition) is 1. The topological polar surface area (TPSA) is 53.0 Å². The number of nitrogens with two attached hydrogens (primary N) is 1. The van der Waals surface area contributed by atoms with Gasteiger partial charge in [-0.05, 0) is 19.5 Å². The smallest absolute Gasteiger partial charge is 0.150 e. The van der Waals surface area contributed by atoms with Gasteiger partial charge in [-0.25, -0.2) is 4.39 Å². The highest BCUT2D eigenvalue weighted by molar-refractivity contribution is 5.42. The molecule has 2 N–H and O–H groups in total. The highest BCUT2D eigenvalue weighted by Crippen LogP contribution is 2.16. The Morgan fingerprint density at radius 3 is 2.82 bits per heavy atom. The first-order valence-electron chi connectivity index (χ1n) is 5.73. The van der Waals surface area contributed by atoms with E-state index in [4.69, 9.17) is 11.0 Å². The first-order valence-corrected chi connectivity index (χ1v) is 5.73. The highest BCUT2D eigenvalue weighted by Gasteiger charge is 2.12. The standard InChI is InChI=1S/C13H18FN3/c1-3-17(8-10(2)7-15)9-11-5-4-6-12(16)13(11)14/h4-6,10H,3,8-9,16H2,1-2H3. The van der Waals surface area contributed by atoms with Gasteiger partial charge in [0, 0.05) is 18.7 Å². The minimum Gasteiger partial charge on any atom is -0.396 e. The molecule has 17 heavy (non-hydrogen) atoms. The summed E-state index contributed by atoms with van der Waals surface area (Å²) in [6.07, 6.45) is 0. The van der Waals surface area contributed by atoms with Crippen LogP contribution in [0.4, 0.5) is 10.1 Å². The fraction of sp³-hybridized carbons (Fsp3) is 0.462. The molecule has 0 heterocycles. The minimum absolute atomic E-state index is 0.0564. The highest BCUT2D eigenvalue weighted by atomic mass is 19.1. The lowest BCUT2D eigenvalue weighted by atomic mass is 10.1. The normalized spacial score (nSPS) is 12.4. The van der Waals surface area contributed by atoms with Gasteiger partial charge >= 0.3 is 0 Å². The molecule has 0 amide bonds. The Kier molecular flexibility index (Phi) is 4.92. The lowest BCUT2D eigenvalue weighted by molar-refractivity contribution is 0.257. The summed E-state index contributed by atoms with van der Waals surface area (Å²) in [4.78, 5) is 2.03. The van der Waals surface area contributed by atoms with Crippen molar-refractivity contribution in [2.45, 2.75) is 20.4 Å². The average molecular weight is 235 g/mol.